The molecule has 0 saturated carbocycles. The van der Waals surface area contributed by atoms with Crippen molar-refractivity contribution >= 4 is 21.5 Å². The van der Waals surface area contributed by atoms with Gasteiger partial charge in [0, 0.05) is 58.1 Å². The van der Waals surface area contributed by atoms with Crippen molar-refractivity contribution in [2.45, 2.75) is 78.6 Å². The van der Waals surface area contributed by atoms with E-state index in [0.717, 1.165) is 33.4 Å². The summed E-state index contributed by atoms with van der Waals surface area (Å²) in [6, 6.07) is 16.5. The Morgan fingerprint density at radius 1 is 0.564 bits per heavy atom. The molecule has 0 spiro atoms. The van der Waals surface area contributed by atoms with Crippen molar-refractivity contribution in [1.82, 2.24) is 10.6 Å². The van der Waals surface area contributed by atoms with Crippen LogP contribution < -0.4 is 20.1 Å². The maximum absolute atomic E-state index is 12.5. The molecule has 6 aromatic carbocycles. The molecule has 0 saturated heterocycles. The fourth-order valence-electron chi connectivity index (χ4n) is 9.55. The molecule has 0 radical (unpaired) electrons. The number of nitrogens with one attached hydrogen (secondary N) is 2. The second-order valence-electron chi connectivity index (χ2n) is 15.6. The lowest BCUT2D eigenvalue weighted by atomic mass is 9.81. The highest BCUT2D eigenvalue weighted by molar-refractivity contribution is 6.13. The van der Waals surface area contributed by atoms with E-state index in [1.165, 1.54) is 6.07 Å². The molecule has 0 bridgehead atoms. The first-order valence-corrected chi connectivity index (χ1v) is 18.9. The zero-order valence-corrected chi connectivity index (χ0v) is 32.5. The van der Waals surface area contributed by atoms with Crippen LogP contribution in [0.1, 0.15) is 73.2 Å². The number of hydrogen-bond donors (Lipinski definition) is 7. The molecule has 6 aromatic rings. The summed E-state index contributed by atoms with van der Waals surface area (Å²) in [6.07, 6.45) is 1.26. The van der Waals surface area contributed by atoms with Crippen LogP contribution in [0.25, 0.3) is 54.9 Å². The van der Waals surface area contributed by atoms with Gasteiger partial charge in [0.1, 0.15) is 40.2 Å². The Labute approximate surface area is 320 Å². The number of aromatic hydroxyl groups is 5. The molecule has 0 amide bonds. The molecule has 9 nitrogen and oxygen atoms in total. The minimum Gasteiger partial charge on any atom is -0.507 e. The van der Waals surface area contributed by atoms with Crippen LogP contribution in [0.15, 0.2) is 54.6 Å². The van der Waals surface area contributed by atoms with E-state index in [-0.39, 0.29) is 52.9 Å². The zero-order valence-electron chi connectivity index (χ0n) is 32.5. The van der Waals surface area contributed by atoms with Crippen LogP contribution in [0, 0.1) is 13.8 Å². The largest absolute Gasteiger partial charge is 0.507 e. The maximum atomic E-state index is 12.5. The van der Waals surface area contributed by atoms with Crippen molar-refractivity contribution in [1.29, 1.82) is 0 Å². The summed E-state index contributed by atoms with van der Waals surface area (Å²) in [5.41, 5.74) is 8.83. The topological polar surface area (TPSA) is 144 Å². The summed E-state index contributed by atoms with van der Waals surface area (Å²) in [5, 5.41) is 68.2. The van der Waals surface area contributed by atoms with Gasteiger partial charge in [-0.3, -0.25) is 0 Å². The average molecular weight is 741 g/mol. The summed E-state index contributed by atoms with van der Waals surface area (Å²) >= 11 is 0. The monoisotopic (exact) mass is 740 g/mol. The Kier molecular flexibility index (Phi) is 8.78. The Morgan fingerprint density at radius 2 is 1.20 bits per heavy atom. The molecule has 4 atom stereocenters. The molecule has 2 aliphatic rings. The number of rotatable bonds is 5. The van der Waals surface area contributed by atoms with Gasteiger partial charge in [-0.25, -0.2) is 0 Å². The first kappa shape index (κ1) is 36.3. The van der Waals surface area contributed by atoms with E-state index in [1.54, 1.807) is 26.4 Å². The molecule has 9 heteroatoms. The van der Waals surface area contributed by atoms with Crippen molar-refractivity contribution < 1.29 is 35.0 Å². The van der Waals surface area contributed by atoms with Gasteiger partial charge in [0.2, 0.25) is 0 Å². The fraction of sp³-hybridized carbons (Fsp3) is 0.304. The van der Waals surface area contributed by atoms with E-state index in [0.29, 0.717) is 79.3 Å². The molecule has 8 rings (SSSR count). The van der Waals surface area contributed by atoms with Crippen molar-refractivity contribution in [2.75, 3.05) is 14.2 Å². The van der Waals surface area contributed by atoms with Gasteiger partial charge < -0.3 is 45.6 Å². The summed E-state index contributed by atoms with van der Waals surface area (Å²) in [7, 11) is 3.11. The van der Waals surface area contributed by atoms with Crippen LogP contribution in [0.3, 0.4) is 0 Å². The second kappa shape index (κ2) is 13.3. The first-order chi connectivity index (χ1) is 26.2. The predicted octanol–water partition coefficient (Wildman–Crippen LogP) is 9.35. The Bertz CT molecular complexity index is 2580. The molecule has 2 aliphatic heterocycles. The zero-order chi connectivity index (χ0) is 39.2. The van der Waals surface area contributed by atoms with Crippen molar-refractivity contribution in [3.8, 4) is 73.6 Å². The molecular weight excluding hydrogens is 693 g/mol. The van der Waals surface area contributed by atoms with Crippen LogP contribution in [0.2, 0.25) is 0 Å². The molecule has 0 fully saturated rings. The number of ether oxygens (including phenoxy) is 2. The minimum absolute atomic E-state index is 0.0304. The van der Waals surface area contributed by atoms with E-state index in [9.17, 15) is 25.5 Å². The van der Waals surface area contributed by atoms with Crippen molar-refractivity contribution in [3.63, 3.8) is 0 Å². The van der Waals surface area contributed by atoms with Gasteiger partial charge in [0.05, 0.1) is 25.0 Å². The third kappa shape index (κ3) is 5.59. The quantitative estimate of drug-likeness (QED) is 0.0920. The summed E-state index contributed by atoms with van der Waals surface area (Å²) in [4.78, 5) is 0. The fourth-order valence-corrected chi connectivity index (χ4v) is 9.55. The molecule has 7 N–H and O–H groups in total. The molecule has 55 heavy (non-hydrogen) atoms. The molecular formula is C46H48N2O7. The molecule has 0 unspecified atom stereocenters. The van der Waals surface area contributed by atoms with Gasteiger partial charge in [0.25, 0.3) is 0 Å². The number of benzene rings is 6. The van der Waals surface area contributed by atoms with E-state index in [2.05, 4.69) is 31.4 Å². The second-order valence-corrected chi connectivity index (χ2v) is 15.6. The van der Waals surface area contributed by atoms with Gasteiger partial charge in [-0.1, -0.05) is 18.2 Å². The number of phenolic OH excluding ortho intramolecular Hbond substituents is 5. The smallest absolute Gasteiger partial charge is 0.135 e. The number of hydrogen-bond acceptors (Lipinski definition) is 9. The molecule has 2 heterocycles. The van der Waals surface area contributed by atoms with Gasteiger partial charge in [-0.05, 0) is 134 Å². The minimum atomic E-state index is -0.147. The predicted molar refractivity (Wildman–Crippen MR) is 218 cm³/mol. The van der Waals surface area contributed by atoms with Crippen LogP contribution in [-0.2, 0) is 12.8 Å². The molecule has 0 aliphatic carbocycles. The summed E-state index contributed by atoms with van der Waals surface area (Å²) < 4.78 is 11.8. The average Bonchev–Trinajstić information content (AvgIpc) is 3.12. The lowest BCUT2D eigenvalue weighted by molar-refractivity contribution is 0.402. The van der Waals surface area contributed by atoms with Gasteiger partial charge in [-0.15, -0.1) is 0 Å². The highest BCUT2D eigenvalue weighted by atomic mass is 16.5. The third-order valence-corrected chi connectivity index (χ3v) is 11.8. The highest BCUT2D eigenvalue weighted by Crippen LogP contribution is 2.55. The number of methoxy groups -OCH3 is 2. The molecule has 284 valence electrons. The Balaban J connectivity index is 1.46. The lowest BCUT2D eigenvalue weighted by Crippen LogP contribution is -2.36. The standard InChI is InChI=1S/C46H48N2O7/c1-20-13-29-31(41-30-16-22(3)47-24(5)26(30)11-12-34(41)49)18-32(46(53)44(29)37(14-20)54-7)27-9-10-28-39(21(2)15-38(55-8)43(28)45(27)52)42-33-17-23(4)48-25(6)40(33)35(50)19-36(42)51/h9-15,18-19,22-25,47-53H,16-17H2,1-8H3/t22-,23-,24-,25-/m1/s1. The van der Waals surface area contributed by atoms with Crippen LogP contribution in [-0.4, -0.2) is 51.8 Å². The van der Waals surface area contributed by atoms with Crippen molar-refractivity contribution in [2.24, 2.45) is 0 Å². The SMILES string of the molecule is COc1cc(C)cc2c(-c3c(O)ccc4c3C[C@@H](C)N[C@@H]4C)cc(-c3ccc4c(-c5c(O)cc(O)c6c5C[C@@H](C)N[C@@H]6C)c(C)cc(OC)c4c3O)c(O)c12. The van der Waals surface area contributed by atoms with E-state index >= 15 is 0 Å². The number of phenols is 5. The highest BCUT2D eigenvalue weighted by Gasteiger charge is 2.32. The Hall–Kier alpha value is -5.64. The van der Waals surface area contributed by atoms with Crippen molar-refractivity contribution in [3.05, 3.63) is 88.0 Å². The van der Waals surface area contributed by atoms with Crippen LogP contribution in [0.5, 0.6) is 40.2 Å². The molecule has 0 aromatic heterocycles. The number of fused-ring (bicyclic) bond motifs is 4. The van der Waals surface area contributed by atoms with E-state index < -0.39 is 0 Å². The normalized spacial score (nSPS) is 19.3. The lowest BCUT2D eigenvalue weighted by Gasteiger charge is -2.32. The van der Waals surface area contributed by atoms with Gasteiger partial charge >= 0.3 is 0 Å². The summed E-state index contributed by atoms with van der Waals surface area (Å²) in [6.45, 7) is 12.2. The first-order valence-electron chi connectivity index (χ1n) is 18.9. The number of aryl methyl sites for hydroxylation is 2. The Morgan fingerprint density at radius 3 is 1.91 bits per heavy atom. The summed E-state index contributed by atoms with van der Waals surface area (Å²) in [5.74, 6) is 0.782. The van der Waals surface area contributed by atoms with E-state index in [1.807, 2.05) is 57.2 Å². The van der Waals surface area contributed by atoms with E-state index in [4.69, 9.17) is 9.47 Å². The maximum Gasteiger partial charge on any atom is 0.135 e. The van der Waals surface area contributed by atoms with Gasteiger partial charge in [0.15, 0.2) is 0 Å². The van der Waals surface area contributed by atoms with Crippen LogP contribution in [0.4, 0.5) is 0 Å². The third-order valence-electron chi connectivity index (χ3n) is 11.8. The van der Waals surface area contributed by atoms with Crippen LogP contribution >= 0.6 is 0 Å². The van der Waals surface area contributed by atoms with Gasteiger partial charge in [-0.2, -0.15) is 0 Å².